The van der Waals surface area contributed by atoms with Crippen molar-refractivity contribution in [2.45, 2.75) is 6.92 Å². The third-order valence-electron chi connectivity index (χ3n) is 3.66. The van der Waals surface area contributed by atoms with Crippen molar-refractivity contribution in [3.05, 3.63) is 40.3 Å². The Kier molecular flexibility index (Phi) is 3.15. The zero-order valence-electron chi connectivity index (χ0n) is 11.9. The lowest BCUT2D eigenvalue weighted by Crippen LogP contribution is -2.31. The Bertz CT molecular complexity index is 813. The number of hydrogen-bond donors (Lipinski definition) is 1. The molecule has 1 N–H and O–H groups in total. The van der Waals surface area contributed by atoms with Crippen LogP contribution in [0.25, 0.3) is 6.08 Å². The van der Waals surface area contributed by atoms with Gasteiger partial charge in [0, 0.05) is 36.4 Å². The molecule has 4 rings (SSSR count). The molecular weight excluding hydrogens is 344 g/mol. The number of amidine groups is 1. The predicted octanol–water partition coefficient (Wildman–Crippen LogP) is 2.89. The summed E-state index contributed by atoms with van der Waals surface area (Å²) in [6, 6.07) is 1.91. The highest BCUT2D eigenvalue weighted by atomic mass is 79.9. The van der Waals surface area contributed by atoms with Gasteiger partial charge < -0.3 is 10.2 Å². The topological polar surface area (TPSA) is 66.3 Å². The Morgan fingerprint density at radius 3 is 3.09 bits per heavy atom. The fourth-order valence-corrected chi connectivity index (χ4v) is 3.14. The molecule has 0 atom stereocenters. The van der Waals surface area contributed by atoms with E-state index >= 15 is 0 Å². The third kappa shape index (κ3) is 2.18. The van der Waals surface area contributed by atoms with Gasteiger partial charge in [0.25, 0.3) is 0 Å². The van der Waals surface area contributed by atoms with E-state index in [1.807, 2.05) is 31.5 Å². The first-order valence-corrected chi connectivity index (χ1v) is 7.76. The van der Waals surface area contributed by atoms with Crippen molar-refractivity contribution < 1.29 is 0 Å². The molecule has 110 valence electrons. The van der Waals surface area contributed by atoms with Gasteiger partial charge in [0.05, 0.1) is 11.0 Å². The lowest BCUT2D eigenvalue weighted by atomic mass is 10.2. The fraction of sp³-hybridized carbons (Fsp3) is 0.200. The van der Waals surface area contributed by atoms with E-state index in [2.05, 4.69) is 46.1 Å². The van der Waals surface area contributed by atoms with Crippen molar-refractivity contribution in [2.75, 3.05) is 23.3 Å². The summed E-state index contributed by atoms with van der Waals surface area (Å²) in [5.41, 5.74) is 3.00. The Balaban J connectivity index is 1.72. The van der Waals surface area contributed by atoms with Crippen LogP contribution in [0.2, 0.25) is 0 Å². The van der Waals surface area contributed by atoms with Gasteiger partial charge in [0.1, 0.15) is 11.7 Å². The van der Waals surface area contributed by atoms with E-state index < -0.39 is 0 Å². The molecule has 0 amide bonds. The van der Waals surface area contributed by atoms with Crippen molar-refractivity contribution in [2.24, 2.45) is 4.99 Å². The maximum Gasteiger partial charge on any atom is 0.229 e. The highest BCUT2D eigenvalue weighted by Gasteiger charge is 2.28. The molecule has 0 unspecified atom stereocenters. The summed E-state index contributed by atoms with van der Waals surface area (Å²) in [4.78, 5) is 19.8. The molecule has 0 aliphatic carbocycles. The molecule has 0 saturated heterocycles. The minimum absolute atomic E-state index is 0.575. The second-order valence-electron chi connectivity index (χ2n) is 5.14. The van der Waals surface area contributed by atoms with Crippen LogP contribution in [-0.2, 0) is 0 Å². The van der Waals surface area contributed by atoms with Gasteiger partial charge in [-0.1, -0.05) is 0 Å². The molecule has 6 nitrogen and oxygen atoms in total. The van der Waals surface area contributed by atoms with Gasteiger partial charge in [-0.25, -0.2) is 4.98 Å². The zero-order valence-corrected chi connectivity index (χ0v) is 13.5. The molecule has 0 fully saturated rings. The first kappa shape index (κ1) is 13.4. The highest BCUT2D eigenvalue weighted by molar-refractivity contribution is 9.12. The lowest BCUT2D eigenvalue weighted by molar-refractivity contribution is 0.986. The van der Waals surface area contributed by atoms with Crippen LogP contribution in [0.5, 0.6) is 0 Å². The second-order valence-corrected chi connectivity index (χ2v) is 5.99. The van der Waals surface area contributed by atoms with E-state index in [0.29, 0.717) is 5.95 Å². The van der Waals surface area contributed by atoms with Gasteiger partial charge in [-0.3, -0.25) is 9.98 Å². The molecule has 2 aliphatic rings. The Labute approximate surface area is 136 Å². The molecule has 7 heteroatoms. The standard InChI is InChI=1S/C15H13BrN6/c1-9-7-17-3-2-12(9)20-15-19-8-10-6-11(16)14-18-4-5-22(14)13(10)21-15/h2-3,6-8H,4-5H2,1H3,(H,17,19,20,21). The number of aryl methyl sites for hydroxylation is 1. The number of aliphatic imine (C=N–C) groups is 1. The van der Waals surface area contributed by atoms with Crippen LogP contribution < -0.4 is 10.2 Å². The van der Waals surface area contributed by atoms with Gasteiger partial charge in [0.15, 0.2) is 0 Å². The quantitative estimate of drug-likeness (QED) is 0.895. The molecule has 2 aromatic heterocycles. The normalized spacial score (nSPS) is 15.8. The maximum atomic E-state index is 4.66. The smallest absolute Gasteiger partial charge is 0.229 e. The van der Waals surface area contributed by atoms with E-state index in [9.17, 15) is 0 Å². The van der Waals surface area contributed by atoms with E-state index in [4.69, 9.17) is 0 Å². The maximum absolute atomic E-state index is 4.66. The largest absolute Gasteiger partial charge is 0.324 e. The van der Waals surface area contributed by atoms with Crippen LogP contribution in [0.4, 0.5) is 17.5 Å². The number of aromatic nitrogens is 3. The number of hydrogen-bond acceptors (Lipinski definition) is 6. The average Bonchev–Trinajstić information content (AvgIpc) is 3.01. The third-order valence-corrected chi connectivity index (χ3v) is 4.24. The minimum Gasteiger partial charge on any atom is -0.324 e. The molecule has 0 spiro atoms. The van der Waals surface area contributed by atoms with Crippen LogP contribution in [0.3, 0.4) is 0 Å². The van der Waals surface area contributed by atoms with Crippen molar-refractivity contribution in [3.63, 3.8) is 0 Å². The summed E-state index contributed by atoms with van der Waals surface area (Å²) in [5.74, 6) is 2.41. The van der Waals surface area contributed by atoms with Crippen molar-refractivity contribution >= 4 is 45.3 Å². The SMILES string of the molecule is Cc1cnccc1Nc1ncc2c(n1)N1CCN=C1C(Br)=C2. The zero-order chi connectivity index (χ0) is 15.1. The monoisotopic (exact) mass is 356 g/mol. The summed E-state index contributed by atoms with van der Waals surface area (Å²) < 4.78 is 0.979. The summed E-state index contributed by atoms with van der Waals surface area (Å²) in [5, 5.41) is 3.25. The predicted molar refractivity (Wildman–Crippen MR) is 90.8 cm³/mol. The fourth-order valence-electron chi connectivity index (χ4n) is 2.55. The van der Waals surface area contributed by atoms with E-state index in [1.165, 1.54) is 0 Å². The van der Waals surface area contributed by atoms with Gasteiger partial charge in [-0.05, 0) is 40.6 Å². The number of nitrogens with one attached hydrogen (secondary N) is 1. The van der Waals surface area contributed by atoms with Gasteiger partial charge in [-0.15, -0.1) is 0 Å². The number of anilines is 3. The molecule has 4 heterocycles. The van der Waals surface area contributed by atoms with Crippen LogP contribution in [0.15, 0.2) is 34.1 Å². The Morgan fingerprint density at radius 1 is 1.32 bits per heavy atom. The van der Waals surface area contributed by atoms with Crippen LogP contribution >= 0.6 is 15.9 Å². The summed E-state index contributed by atoms with van der Waals surface area (Å²) in [7, 11) is 0. The van der Waals surface area contributed by atoms with Gasteiger partial charge in [-0.2, -0.15) is 4.98 Å². The summed E-state index contributed by atoms with van der Waals surface area (Å²) in [6.07, 6.45) is 7.40. The number of rotatable bonds is 2. The molecule has 0 saturated carbocycles. The second kappa shape index (κ2) is 5.17. The number of fused-ring (bicyclic) bond motifs is 3. The van der Waals surface area contributed by atoms with Gasteiger partial charge >= 0.3 is 0 Å². The lowest BCUT2D eigenvalue weighted by Gasteiger charge is -2.25. The average molecular weight is 357 g/mol. The Hall–Kier alpha value is -2.28. The molecule has 2 aliphatic heterocycles. The first-order chi connectivity index (χ1) is 10.7. The molecule has 0 bridgehead atoms. The van der Waals surface area contributed by atoms with Crippen LogP contribution in [-0.4, -0.2) is 33.9 Å². The van der Waals surface area contributed by atoms with Crippen molar-refractivity contribution in [1.29, 1.82) is 0 Å². The molecule has 0 aromatic carbocycles. The molecular formula is C15H13BrN6. The number of pyridine rings is 1. The number of halogens is 1. The summed E-state index contributed by atoms with van der Waals surface area (Å²) in [6.45, 7) is 3.63. The highest BCUT2D eigenvalue weighted by Crippen LogP contribution is 2.33. The molecule has 0 radical (unpaired) electrons. The van der Waals surface area contributed by atoms with Crippen molar-refractivity contribution in [1.82, 2.24) is 15.0 Å². The molecule has 2 aromatic rings. The first-order valence-electron chi connectivity index (χ1n) is 6.96. The van der Waals surface area contributed by atoms with Crippen molar-refractivity contribution in [3.8, 4) is 0 Å². The minimum atomic E-state index is 0.575. The number of nitrogens with zero attached hydrogens (tertiary/aromatic N) is 5. The summed E-state index contributed by atoms with van der Waals surface area (Å²) >= 11 is 3.56. The van der Waals surface area contributed by atoms with E-state index in [0.717, 1.165) is 46.0 Å². The van der Waals surface area contributed by atoms with Crippen LogP contribution in [0.1, 0.15) is 11.1 Å². The van der Waals surface area contributed by atoms with Gasteiger partial charge in [0.2, 0.25) is 5.95 Å². The Morgan fingerprint density at radius 2 is 2.23 bits per heavy atom. The van der Waals surface area contributed by atoms with Crippen LogP contribution in [0, 0.1) is 6.92 Å². The van der Waals surface area contributed by atoms with E-state index in [-0.39, 0.29) is 0 Å². The van der Waals surface area contributed by atoms with E-state index in [1.54, 1.807) is 6.20 Å². The molecule has 22 heavy (non-hydrogen) atoms.